The van der Waals surface area contributed by atoms with E-state index in [-0.39, 0.29) is 5.91 Å². The number of hydrogen-bond donors (Lipinski definition) is 1. The molecule has 0 aromatic heterocycles. The molecular formula is C25H28N2O4S2. The van der Waals surface area contributed by atoms with E-state index in [1.54, 1.807) is 43.0 Å². The van der Waals surface area contributed by atoms with Crippen LogP contribution in [-0.4, -0.2) is 38.9 Å². The minimum absolute atomic E-state index is 0.352. The fourth-order valence-electron chi connectivity index (χ4n) is 3.22. The van der Waals surface area contributed by atoms with Crippen LogP contribution < -0.4 is 14.4 Å². The summed E-state index contributed by atoms with van der Waals surface area (Å²) in [7, 11) is -3.69. The molecule has 3 aromatic carbocycles. The minimum atomic E-state index is -3.69. The molecule has 0 saturated carbocycles. The number of para-hydroxylation sites is 1. The van der Waals surface area contributed by atoms with Crippen LogP contribution in [0.1, 0.15) is 12.5 Å². The van der Waals surface area contributed by atoms with Gasteiger partial charge in [-0.1, -0.05) is 35.9 Å². The summed E-state index contributed by atoms with van der Waals surface area (Å²) in [5.41, 5.74) is 1.59. The van der Waals surface area contributed by atoms with Crippen LogP contribution in [0.4, 0.5) is 5.69 Å². The number of amides is 1. The molecule has 1 amide bonds. The van der Waals surface area contributed by atoms with E-state index in [0.29, 0.717) is 29.5 Å². The normalized spacial score (nSPS) is 12.1. The largest absolute Gasteiger partial charge is 0.457 e. The lowest BCUT2D eigenvalue weighted by Gasteiger charge is -2.28. The van der Waals surface area contributed by atoms with Crippen LogP contribution in [0, 0.1) is 6.92 Å². The van der Waals surface area contributed by atoms with Gasteiger partial charge in [-0.25, -0.2) is 8.42 Å². The monoisotopic (exact) mass is 484 g/mol. The van der Waals surface area contributed by atoms with Crippen molar-refractivity contribution in [2.75, 3.05) is 22.9 Å². The summed E-state index contributed by atoms with van der Waals surface area (Å²) in [6.45, 7) is 4.05. The van der Waals surface area contributed by atoms with E-state index >= 15 is 0 Å². The molecule has 0 fully saturated rings. The molecular weight excluding hydrogens is 456 g/mol. The lowest BCUT2D eigenvalue weighted by molar-refractivity contribution is -0.121. The van der Waals surface area contributed by atoms with Gasteiger partial charge in [0.1, 0.15) is 17.5 Å². The molecule has 0 aliphatic heterocycles. The lowest BCUT2D eigenvalue weighted by Crippen LogP contribution is -2.48. The number of nitrogens with one attached hydrogen (secondary N) is 1. The van der Waals surface area contributed by atoms with Crippen LogP contribution in [0.5, 0.6) is 11.5 Å². The second-order valence-electron chi connectivity index (χ2n) is 7.60. The minimum Gasteiger partial charge on any atom is -0.457 e. The number of carbonyl (C=O) groups excluding carboxylic acids is 1. The number of rotatable bonds is 10. The number of aryl methyl sites for hydroxylation is 1. The van der Waals surface area contributed by atoms with E-state index in [1.807, 2.05) is 61.5 Å². The van der Waals surface area contributed by atoms with Gasteiger partial charge in [0.15, 0.2) is 0 Å². The van der Waals surface area contributed by atoms with Crippen LogP contribution in [0.2, 0.25) is 0 Å². The van der Waals surface area contributed by atoms with Crippen molar-refractivity contribution in [2.24, 2.45) is 0 Å². The summed E-state index contributed by atoms with van der Waals surface area (Å²) in [6, 6.07) is 23.2. The van der Waals surface area contributed by atoms with Gasteiger partial charge in [-0.05, 0) is 62.4 Å². The zero-order valence-corrected chi connectivity index (χ0v) is 20.5. The molecule has 3 aromatic rings. The molecule has 0 saturated heterocycles. The van der Waals surface area contributed by atoms with E-state index in [1.165, 1.54) is 5.56 Å². The summed E-state index contributed by atoms with van der Waals surface area (Å²) >= 11 is 1.63. The number of anilines is 1. The molecule has 3 rings (SSSR count). The van der Waals surface area contributed by atoms with Gasteiger partial charge in [0, 0.05) is 17.2 Å². The van der Waals surface area contributed by atoms with E-state index in [0.717, 1.165) is 15.5 Å². The Bertz CT molecular complexity index is 1150. The number of benzene rings is 3. The standard InChI is InChI=1S/C25H28N2O4S2/c1-19-9-15-24(16-10-19)32-18-17-26-25(28)20(2)27(33(3,29)30)21-11-13-23(14-12-21)31-22-7-5-4-6-8-22/h4-16,20H,17-18H2,1-3H3,(H,26,28)/t20-/m0/s1. The Morgan fingerprint density at radius 3 is 2.18 bits per heavy atom. The molecule has 0 aliphatic carbocycles. The predicted octanol–water partition coefficient (Wildman–Crippen LogP) is 4.85. The zero-order valence-electron chi connectivity index (χ0n) is 18.9. The van der Waals surface area contributed by atoms with Crippen LogP contribution in [0.25, 0.3) is 0 Å². The van der Waals surface area contributed by atoms with Gasteiger partial charge in [0.05, 0.1) is 11.9 Å². The molecule has 0 bridgehead atoms. The van der Waals surface area contributed by atoms with Crippen molar-refractivity contribution in [3.8, 4) is 11.5 Å². The molecule has 6 nitrogen and oxygen atoms in total. The van der Waals surface area contributed by atoms with Crippen molar-refractivity contribution in [3.05, 3.63) is 84.4 Å². The Morgan fingerprint density at radius 2 is 1.58 bits per heavy atom. The molecule has 8 heteroatoms. The van der Waals surface area contributed by atoms with Crippen LogP contribution >= 0.6 is 11.8 Å². The first kappa shape index (κ1) is 24.7. The molecule has 1 N–H and O–H groups in total. The predicted molar refractivity (Wildman–Crippen MR) is 135 cm³/mol. The van der Waals surface area contributed by atoms with Gasteiger partial charge in [0.2, 0.25) is 15.9 Å². The summed E-state index contributed by atoms with van der Waals surface area (Å²) in [6.07, 6.45) is 1.10. The molecule has 0 spiro atoms. The van der Waals surface area contributed by atoms with Crippen molar-refractivity contribution in [1.29, 1.82) is 0 Å². The highest BCUT2D eigenvalue weighted by Gasteiger charge is 2.29. The number of sulfonamides is 1. The second-order valence-corrected chi connectivity index (χ2v) is 10.6. The maximum Gasteiger partial charge on any atom is 0.243 e. The highest BCUT2D eigenvalue weighted by Crippen LogP contribution is 2.27. The maximum absolute atomic E-state index is 12.7. The molecule has 174 valence electrons. The van der Waals surface area contributed by atoms with Gasteiger partial charge in [-0.2, -0.15) is 0 Å². The third kappa shape index (κ3) is 7.27. The summed E-state index contributed by atoms with van der Waals surface area (Å²) in [5.74, 6) is 1.59. The summed E-state index contributed by atoms with van der Waals surface area (Å²) in [4.78, 5) is 13.8. The Balaban J connectivity index is 1.61. The highest BCUT2D eigenvalue weighted by atomic mass is 32.2. The van der Waals surface area contributed by atoms with Crippen LogP contribution in [0.15, 0.2) is 83.8 Å². The molecule has 0 heterocycles. The Morgan fingerprint density at radius 1 is 0.970 bits per heavy atom. The molecule has 0 unspecified atom stereocenters. The molecule has 1 atom stereocenters. The molecule has 0 aliphatic rings. The Hall–Kier alpha value is -2.97. The SMILES string of the molecule is Cc1ccc(SCCNC(=O)[C@H](C)N(c2ccc(Oc3ccccc3)cc2)S(C)(=O)=O)cc1. The van der Waals surface area contributed by atoms with Gasteiger partial charge >= 0.3 is 0 Å². The van der Waals surface area contributed by atoms with Gasteiger partial charge < -0.3 is 10.1 Å². The van der Waals surface area contributed by atoms with Crippen molar-refractivity contribution < 1.29 is 17.9 Å². The van der Waals surface area contributed by atoms with Gasteiger partial charge in [0.25, 0.3) is 0 Å². The smallest absolute Gasteiger partial charge is 0.243 e. The summed E-state index contributed by atoms with van der Waals surface area (Å²) in [5, 5.41) is 2.84. The van der Waals surface area contributed by atoms with Crippen molar-refractivity contribution in [2.45, 2.75) is 24.8 Å². The number of hydrogen-bond acceptors (Lipinski definition) is 5. The first-order chi connectivity index (χ1) is 15.7. The van der Waals surface area contributed by atoms with Crippen molar-refractivity contribution >= 4 is 33.4 Å². The van der Waals surface area contributed by atoms with Crippen LogP contribution in [-0.2, 0) is 14.8 Å². The van der Waals surface area contributed by atoms with Gasteiger partial charge in [-0.3, -0.25) is 9.10 Å². The number of carbonyl (C=O) groups is 1. The van der Waals surface area contributed by atoms with E-state index in [4.69, 9.17) is 4.74 Å². The van der Waals surface area contributed by atoms with Crippen molar-refractivity contribution in [3.63, 3.8) is 0 Å². The Kier molecular flexibility index (Phi) is 8.41. The van der Waals surface area contributed by atoms with E-state index in [9.17, 15) is 13.2 Å². The second kappa shape index (κ2) is 11.2. The zero-order chi connectivity index (χ0) is 23.8. The molecule has 0 radical (unpaired) electrons. The van der Waals surface area contributed by atoms with Gasteiger partial charge in [-0.15, -0.1) is 11.8 Å². The first-order valence-electron chi connectivity index (χ1n) is 10.5. The molecule has 33 heavy (non-hydrogen) atoms. The average Bonchev–Trinajstić information content (AvgIpc) is 2.79. The van der Waals surface area contributed by atoms with Crippen molar-refractivity contribution in [1.82, 2.24) is 5.32 Å². The Labute approximate surface area is 200 Å². The van der Waals surface area contributed by atoms with E-state index < -0.39 is 16.1 Å². The average molecular weight is 485 g/mol. The number of thioether (sulfide) groups is 1. The number of nitrogens with zero attached hydrogens (tertiary/aromatic N) is 1. The fourth-order valence-corrected chi connectivity index (χ4v) is 5.16. The van der Waals surface area contributed by atoms with E-state index in [2.05, 4.69) is 5.32 Å². The lowest BCUT2D eigenvalue weighted by atomic mass is 10.2. The highest BCUT2D eigenvalue weighted by molar-refractivity contribution is 7.99. The third-order valence-corrected chi connectivity index (χ3v) is 7.11. The maximum atomic E-state index is 12.7. The topological polar surface area (TPSA) is 75.7 Å². The van der Waals surface area contributed by atoms with Crippen LogP contribution in [0.3, 0.4) is 0 Å². The fraction of sp³-hybridized carbons (Fsp3) is 0.240. The first-order valence-corrected chi connectivity index (χ1v) is 13.4. The quantitative estimate of drug-likeness (QED) is 0.329. The third-order valence-electron chi connectivity index (χ3n) is 4.85. The number of ether oxygens (including phenoxy) is 1. The summed E-state index contributed by atoms with van der Waals surface area (Å²) < 4.78 is 31.9.